The summed E-state index contributed by atoms with van der Waals surface area (Å²) >= 11 is 0. The molecule has 0 aromatic rings. The van der Waals surface area contributed by atoms with Crippen LogP contribution in [0.15, 0.2) is 22.8 Å². The molecule has 6 aliphatic rings. The first-order chi connectivity index (χ1) is 17.1. The summed E-state index contributed by atoms with van der Waals surface area (Å²) in [7, 11) is 4.32. The van der Waals surface area contributed by atoms with Gasteiger partial charge in [-0.2, -0.15) is 0 Å². The molecule has 2 aliphatic heterocycles. The third-order valence-corrected chi connectivity index (χ3v) is 11.7. The lowest BCUT2D eigenvalue weighted by Crippen LogP contribution is -2.53. The summed E-state index contributed by atoms with van der Waals surface area (Å²) in [4.78, 5) is 19.4. The van der Waals surface area contributed by atoms with Crippen LogP contribution < -0.4 is 0 Å². The largest absolute Gasteiger partial charge is 0.393 e. The van der Waals surface area contributed by atoms with Crippen molar-refractivity contribution in [2.75, 3.05) is 33.7 Å². The number of ketones is 1. The van der Waals surface area contributed by atoms with Crippen LogP contribution in [0, 0.1) is 35.0 Å². The molecule has 1 N–H and O–H groups in total. The van der Waals surface area contributed by atoms with E-state index in [1.807, 2.05) is 0 Å². The van der Waals surface area contributed by atoms with Crippen molar-refractivity contribution in [3.05, 3.63) is 22.8 Å². The predicted octanol–water partition coefficient (Wildman–Crippen LogP) is 4.45. The topological polar surface area (TPSA) is 53.0 Å². The van der Waals surface area contributed by atoms with Gasteiger partial charge in [-0.15, -0.1) is 0 Å². The number of rotatable bonds is 3. The van der Waals surface area contributed by atoms with Crippen molar-refractivity contribution in [3.8, 4) is 0 Å². The van der Waals surface area contributed by atoms with E-state index in [0.29, 0.717) is 35.5 Å². The Balaban J connectivity index is 1.34. The van der Waals surface area contributed by atoms with E-state index in [2.05, 4.69) is 57.7 Å². The van der Waals surface area contributed by atoms with Gasteiger partial charge >= 0.3 is 0 Å². The van der Waals surface area contributed by atoms with E-state index >= 15 is 0 Å². The normalized spacial score (nSPS) is 48.7. The minimum atomic E-state index is -0.287. The highest BCUT2D eigenvalue weighted by Gasteiger charge is 2.64. The molecule has 4 aliphatic carbocycles. The molecule has 0 radical (unpaired) electrons. The Morgan fingerprint density at radius 1 is 1.22 bits per heavy atom. The Labute approximate surface area is 218 Å². The number of piperidine rings is 1. The molecule has 0 bridgehead atoms. The summed E-state index contributed by atoms with van der Waals surface area (Å²) in [6.07, 6.45) is 9.22. The molecule has 5 heteroatoms. The first-order valence-corrected chi connectivity index (χ1v) is 14.8. The highest BCUT2D eigenvalue weighted by atomic mass is 16.5. The lowest BCUT2D eigenvalue weighted by atomic mass is 9.56. The Morgan fingerprint density at radius 2 is 2.00 bits per heavy atom. The fourth-order valence-electron chi connectivity index (χ4n) is 9.89. The molecular formula is C31H48N2O3. The molecule has 0 unspecified atom stereocenters. The number of nitrogens with zero attached hydrogens (tertiary/aromatic N) is 2. The highest BCUT2D eigenvalue weighted by Crippen LogP contribution is 2.64. The molecule has 36 heavy (non-hydrogen) atoms. The molecule has 0 aromatic heterocycles. The van der Waals surface area contributed by atoms with Gasteiger partial charge in [-0.1, -0.05) is 32.4 Å². The molecule has 10 atom stereocenters. The minimum absolute atomic E-state index is 0.0778. The van der Waals surface area contributed by atoms with Gasteiger partial charge in [-0.05, 0) is 94.7 Å². The summed E-state index contributed by atoms with van der Waals surface area (Å²) in [6.45, 7) is 12.7. The number of carbonyl (C=O) groups is 1. The monoisotopic (exact) mass is 496 g/mol. The van der Waals surface area contributed by atoms with Crippen LogP contribution in [0.1, 0.15) is 72.6 Å². The van der Waals surface area contributed by atoms with Crippen LogP contribution in [0.4, 0.5) is 0 Å². The molecule has 0 aromatic carbocycles. The summed E-state index contributed by atoms with van der Waals surface area (Å²) in [5.74, 6) is 2.37. The lowest BCUT2D eigenvalue weighted by molar-refractivity contribution is -0.123. The zero-order chi connectivity index (χ0) is 25.6. The smallest absolute Gasteiger partial charge is 0.163 e. The van der Waals surface area contributed by atoms with Crippen LogP contribution in [-0.4, -0.2) is 78.3 Å². The molecule has 2 heterocycles. The number of hydrogen-bond acceptors (Lipinski definition) is 5. The third-order valence-electron chi connectivity index (χ3n) is 11.7. The lowest BCUT2D eigenvalue weighted by Gasteiger charge is -2.48. The van der Waals surface area contributed by atoms with Crippen LogP contribution >= 0.6 is 0 Å². The highest BCUT2D eigenvalue weighted by molar-refractivity contribution is 6.02. The Bertz CT molecular complexity index is 986. The zero-order valence-electron chi connectivity index (χ0n) is 23.4. The first-order valence-electron chi connectivity index (χ1n) is 14.8. The van der Waals surface area contributed by atoms with Crippen LogP contribution in [-0.2, 0) is 9.53 Å². The average Bonchev–Trinajstić information content (AvgIpc) is 3.27. The molecule has 2 saturated heterocycles. The van der Waals surface area contributed by atoms with Crippen LogP contribution in [0.25, 0.3) is 0 Å². The molecule has 2 saturated carbocycles. The average molecular weight is 497 g/mol. The Hall–Kier alpha value is -1.01. The molecular weight excluding hydrogens is 448 g/mol. The van der Waals surface area contributed by atoms with E-state index in [9.17, 15) is 9.90 Å². The van der Waals surface area contributed by atoms with E-state index in [0.717, 1.165) is 70.2 Å². The number of likely N-dealkylation sites (tertiary alicyclic amines) is 1. The summed E-state index contributed by atoms with van der Waals surface area (Å²) in [5, 5.41) is 10.3. The number of likely N-dealkylation sites (N-methyl/N-ethyl adjacent to an activating group) is 1. The van der Waals surface area contributed by atoms with Crippen LogP contribution in [0.3, 0.4) is 0 Å². The summed E-state index contributed by atoms with van der Waals surface area (Å²) in [5.41, 5.74) is 3.42. The van der Waals surface area contributed by atoms with Gasteiger partial charge in [0.15, 0.2) is 5.78 Å². The van der Waals surface area contributed by atoms with Gasteiger partial charge in [0.25, 0.3) is 0 Å². The van der Waals surface area contributed by atoms with E-state index in [4.69, 9.17) is 4.74 Å². The Morgan fingerprint density at radius 3 is 2.75 bits per heavy atom. The van der Waals surface area contributed by atoms with Gasteiger partial charge < -0.3 is 14.7 Å². The number of aliphatic hydroxyl groups excluding tert-OH is 1. The van der Waals surface area contributed by atoms with Crippen molar-refractivity contribution < 1.29 is 14.6 Å². The summed E-state index contributed by atoms with van der Waals surface area (Å²) < 4.78 is 7.17. The molecule has 4 fully saturated rings. The second-order valence-corrected chi connectivity index (χ2v) is 13.9. The van der Waals surface area contributed by atoms with E-state index in [1.54, 1.807) is 0 Å². The second-order valence-electron chi connectivity index (χ2n) is 13.9. The molecule has 5 nitrogen and oxygen atoms in total. The molecule has 200 valence electrons. The quantitative estimate of drug-likeness (QED) is 0.585. The number of allylic oxidation sites excluding steroid dienone is 2. The predicted molar refractivity (Wildman–Crippen MR) is 143 cm³/mol. The number of fused-ring (bicyclic) bond motifs is 6. The van der Waals surface area contributed by atoms with Gasteiger partial charge in [0.05, 0.1) is 17.8 Å². The van der Waals surface area contributed by atoms with Crippen molar-refractivity contribution in [2.45, 2.75) is 96.5 Å². The Kier molecular flexibility index (Phi) is 6.15. The molecule has 1 spiro atoms. The van der Waals surface area contributed by atoms with Gasteiger partial charge in [-0.25, -0.2) is 0 Å². The third kappa shape index (κ3) is 3.52. The maximum atomic E-state index is 14.4. The van der Waals surface area contributed by atoms with Crippen LogP contribution in [0.5, 0.6) is 0 Å². The van der Waals surface area contributed by atoms with Crippen molar-refractivity contribution in [1.82, 2.24) is 9.80 Å². The number of Topliss-reactive ketones (excluding diaryl/α,β-unsaturated/α-hetero) is 1. The number of ether oxygens (including phenoxy) is 1. The van der Waals surface area contributed by atoms with Crippen molar-refractivity contribution in [3.63, 3.8) is 0 Å². The van der Waals surface area contributed by atoms with Gasteiger partial charge in [-0.3, -0.25) is 9.69 Å². The zero-order valence-corrected chi connectivity index (χ0v) is 23.4. The van der Waals surface area contributed by atoms with E-state index in [-0.39, 0.29) is 29.1 Å². The van der Waals surface area contributed by atoms with Gasteiger partial charge in [0, 0.05) is 43.1 Å². The van der Waals surface area contributed by atoms with Crippen LogP contribution in [0.2, 0.25) is 0 Å². The van der Waals surface area contributed by atoms with Crippen molar-refractivity contribution in [1.29, 1.82) is 0 Å². The van der Waals surface area contributed by atoms with Gasteiger partial charge in [0.2, 0.25) is 0 Å². The number of carbonyl (C=O) groups excluding carboxylic acids is 1. The second kappa shape index (κ2) is 8.76. The standard InChI is InChI=1S/C31H48N2O3/c1-18-15-25-28(33(17-18)14-13-32(5)6)20(3)31(36-25)12-10-23-24-8-7-21-16-22(34)9-11-30(21,4)27(24)29(35)26(23)19(31)2/h7,18,20,22-25,27-28,34H,8-17H2,1-6H3/t18-,20+,22-,23-,24-,25+,27+,28-,30-,31-/m0/s1. The first kappa shape index (κ1) is 25.3. The fourth-order valence-corrected chi connectivity index (χ4v) is 9.89. The van der Waals surface area contributed by atoms with Gasteiger partial charge in [0.1, 0.15) is 0 Å². The number of aliphatic hydroxyl groups is 1. The minimum Gasteiger partial charge on any atom is -0.393 e. The van der Waals surface area contributed by atoms with Crippen molar-refractivity contribution >= 4 is 5.78 Å². The van der Waals surface area contributed by atoms with E-state index < -0.39 is 0 Å². The maximum absolute atomic E-state index is 14.4. The number of hydrogen-bond donors (Lipinski definition) is 1. The summed E-state index contributed by atoms with van der Waals surface area (Å²) in [6, 6.07) is 0.442. The fraction of sp³-hybridized carbons (Fsp3) is 0.839. The maximum Gasteiger partial charge on any atom is 0.163 e. The SMILES string of the molecule is CC1=C2C(=O)[C@H]3[C@@H](CC=C4C[C@@H](O)CC[C@@]43C)[C@@H]2CC[C@]12O[C@@H]1C[C@H](C)CN(CCN(C)C)[C@H]1[C@H]2C. The van der Waals surface area contributed by atoms with Crippen molar-refractivity contribution in [2.24, 2.45) is 35.0 Å². The van der Waals surface area contributed by atoms with E-state index in [1.165, 1.54) is 11.1 Å². The molecule has 6 rings (SSSR count). The molecule has 0 amide bonds.